The molecule has 17 heavy (non-hydrogen) atoms. The zero-order valence-electron chi connectivity index (χ0n) is 10.0. The van der Waals surface area contributed by atoms with E-state index >= 15 is 0 Å². The summed E-state index contributed by atoms with van der Waals surface area (Å²) in [4.78, 5) is 15.5. The molecular weight excluding hydrogens is 216 g/mol. The fourth-order valence-corrected chi connectivity index (χ4v) is 1.31. The van der Waals surface area contributed by atoms with E-state index in [2.05, 4.69) is 15.6 Å². The van der Waals surface area contributed by atoms with Crippen LogP contribution < -0.4 is 10.6 Å². The first-order chi connectivity index (χ1) is 8.19. The first-order valence-electron chi connectivity index (χ1n) is 5.58. The molecule has 0 spiro atoms. The summed E-state index contributed by atoms with van der Waals surface area (Å²) in [7, 11) is 0. The van der Waals surface area contributed by atoms with Crippen LogP contribution in [0, 0.1) is 11.3 Å². The maximum atomic E-state index is 11.6. The number of nitriles is 1. The highest BCUT2D eigenvalue weighted by Crippen LogP contribution is 2.11. The standard InChI is InChI=1S/C12H16N4O/c1-3-6-15-12(17)9(2)16-10-5-4-7-14-11(10)8-13/h4-5,7,9,16H,3,6H2,1-2H3,(H,15,17). The molecule has 0 saturated carbocycles. The van der Waals surface area contributed by atoms with Gasteiger partial charge in [0, 0.05) is 12.7 Å². The summed E-state index contributed by atoms with van der Waals surface area (Å²) in [5.41, 5.74) is 0.872. The van der Waals surface area contributed by atoms with Crippen LogP contribution in [-0.4, -0.2) is 23.5 Å². The van der Waals surface area contributed by atoms with Crippen molar-refractivity contribution in [1.82, 2.24) is 10.3 Å². The molecule has 0 bridgehead atoms. The molecule has 0 aliphatic rings. The van der Waals surface area contributed by atoms with E-state index in [1.54, 1.807) is 25.3 Å². The fourth-order valence-electron chi connectivity index (χ4n) is 1.31. The van der Waals surface area contributed by atoms with Crippen molar-refractivity contribution in [2.24, 2.45) is 0 Å². The Balaban J connectivity index is 2.65. The first kappa shape index (κ1) is 13.0. The number of pyridine rings is 1. The van der Waals surface area contributed by atoms with E-state index in [0.717, 1.165) is 6.42 Å². The molecule has 5 heteroatoms. The summed E-state index contributed by atoms with van der Waals surface area (Å²) in [6.07, 6.45) is 2.44. The number of carbonyl (C=O) groups is 1. The zero-order chi connectivity index (χ0) is 12.7. The molecule has 1 amide bonds. The van der Waals surface area contributed by atoms with Crippen LogP contribution in [0.15, 0.2) is 18.3 Å². The molecule has 1 rings (SSSR count). The maximum absolute atomic E-state index is 11.6. The van der Waals surface area contributed by atoms with Gasteiger partial charge in [0.2, 0.25) is 5.91 Å². The quantitative estimate of drug-likeness (QED) is 0.801. The van der Waals surface area contributed by atoms with Crippen LogP contribution in [0.5, 0.6) is 0 Å². The number of anilines is 1. The Hall–Kier alpha value is -2.09. The highest BCUT2D eigenvalue weighted by Gasteiger charge is 2.13. The molecule has 1 atom stereocenters. The average Bonchev–Trinajstić information content (AvgIpc) is 2.36. The Morgan fingerprint density at radius 2 is 2.41 bits per heavy atom. The molecule has 5 nitrogen and oxygen atoms in total. The van der Waals surface area contributed by atoms with E-state index < -0.39 is 6.04 Å². The van der Waals surface area contributed by atoms with Crippen molar-refractivity contribution >= 4 is 11.6 Å². The predicted molar refractivity (Wildman–Crippen MR) is 65.3 cm³/mol. The number of carbonyl (C=O) groups excluding carboxylic acids is 1. The van der Waals surface area contributed by atoms with Gasteiger partial charge in [-0.15, -0.1) is 0 Å². The molecule has 0 saturated heterocycles. The van der Waals surface area contributed by atoms with E-state index in [1.165, 1.54) is 0 Å². The van der Waals surface area contributed by atoms with Gasteiger partial charge in [-0.05, 0) is 25.5 Å². The lowest BCUT2D eigenvalue weighted by Gasteiger charge is -2.15. The highest BCUT2D eigenvalue weighted by atomic mass is 16.2. The molecule has 1 unspecified atom stereocenters. The second-order valence-electron chi connectivity index (χ2n) is 3.67. The van der Waals surface area contributed by atoms with Crippen molar-refractivity contribution in [2.45, 2.75) is 26.3 Å². The molecular formula is C12H16N4O. The number of hydrogen-bond acceptors (Lipinski definition) is 4. The van der Waals surface area contributed by atoms with Crippen LogP contribution in [0.4, 0.5) is 5.69 Å². The number of nitrogens with one attached hydrogen (secondary N) is 2. The second kappa shape index (κ2) is 6.48. The topological polar surface area (TPSA) is 77.8 Å². The van der Waals surface area contributed by atoms with Crippen LogP contribution in [-0.2, 0) is 4.79 Å². The molecule has 2 N–H and O–H groups in total. The zero-order valence-corrected chi connectivity index (χ0v) is 10.0. The molecule has 0 aliphatic heterocycles. The minimum Gasteiger partial charge on any atom is -0.372 e. The van der Waals surface area contributed by atoms with Gasteiger partial charge in [0.25, 0.3) is 0 Å². The lowest BCUT2D eigenvalue weighted by Crippen LogP contribution is -2.38. The summed E-state index contributed by atoms with van der Waals surface area (Å²) in [5.74, 6) is -0.0837. The van der Waals surface area contributed by atoms with E-state index in [0.29, 0.717) is 17.9 Å². The molecule has 1 aromatic rings. The summed E-state index contributed by atoms with van der Waals surface area (Å²) in [6.45, 7) is 4.40. The van der Waals surface area contributed by atoms with E-state index in [1.807, 2.05) is 13.0 Å². The minimum absolute atomic E-state index is 0.0837. The minimum atomic E-state index is -0.391. The van der Waals surface area contributed by atoms with Crippen molar-refractivity contribution in [3.63, 3.8) is 0 Å². The Labute approximate surface area is 101 Å². The number of amides is 1. The van der Waals surface area contributed by atoms with E-state index in [4.69, 9.17) is 5.26 Å². The molecule has 0 radical (unpaired) electrons. The Bertz CT molecular complexity index is 425. The summed E-state index contributed by atoms with van der Waals surface area (Å²) in [5, 5.41) is 14.6. The molecule has 1 heterocycles. The molecule has 90 valence electrons. The van der Waals surface area contributed by atoms with Crippen molar-refractivity contribution < 1.29 is 4.79 Å². The van der Waals surface area contributed by atoms with Crippen LogP contribution in [0.1, 0.15) is 26.0 Å². The van der Waals surface area contributed by atoms with E-state index in [-0.39, 0.29) is 5.91 Å². The summed E-state index contributed by atoms with van der Waals surface area (Å²) >= 11 is 0. The first-order valence-corrected chi connectivity index (χ1v) is 5.58. The third-order valence-corrected chi connectivity index (χ3v) is 2.23. The average molecular weight is 232 g/mol. The monoisotopic (exact) mass is 232 g/mol. The molecule has 0 aromatic carbocycles. The lowest BCUT2D eigenvalue weighted by molar-refractivity contribution is -0.121. The molecule has 0 aliphatic carbocycles. The number of hydrogen-bond donors (Lipinski definition) is 2. The van der Waals surface area contributed by atoms with Crippen LogP contribution >= 0.6 is 0 Å². The number of aromatic nitrogens is 1. The number of rotatable bonds is 5. The van der Waals surface area contributed by atoms with Gasteiger partial charge in [0.05, 0.1) is 5.69 Å². The van der Waals surface area contributed by atoms with Crippen LogP contribution in [0.25, 0.3) is 0 Å². The fraction of sp³-hybridized carbons (Fsp3) is 0.417. The van der Waals surface area contributed by atoms with Crippen molar-refractivity contribution in [2.75, 3.05) is 11.9 Å². The van der Waals surface area contributed by atoms with Gasteiger partial charge in [-0.25, -0.2) is 4.98 Å². The van der Waals surface area contributed by atoms with Gasteiger partial charge < -0.3 is 10.6 Å². The third-order valence-electron chi connectivity index (χ3n) is 2.23. The molecule has 0 fully saturated rings. The maximum Gasteiger partial charge on any atom is 0.242 e. The van der Waals surface area contributed by atoms with E-state index in [9.17, 15) is 4.79 Å². The highest BCUT2D eigenvalue weighted by molar-refractivity contribution is 5.84. The normalized spacial score (nSPS) is 11.4. The van der Waals surface area contributed by atoms with Crippen LogP contribution in [0.2, 0.25) is 0 Å². The van der Waals surface area contributed by atoms with Crippen molar-refractivity contribution in [3.8, 4) is 6.07 Å². The van der Waals surface area contributed by atoms with Gasteiger partial charge >= 0.3 is 0 Å². The third kappa shape index (κ3) is 3.76. The van der Waals surface area contributed by atoms with Gasteiger partial charge in [0.15, 0.2) is 5.69 Å². The Kier molecular flexibility index (Phi) is 4.95. The summed E-state index contributed by atoms with van der Waals surface area (Å²) < 4.78 is 0. The van der Waals surface area contributed by atoms with Gasteiger partial charge in [-0.3, -0.25) is 4.79 Å². The number of nitrogens with zero attached hydrogens (tertiary/aromatic N) is 2. The van der Waals surface area contributed by atoms with Crippen molar-refractivity contribution in [1.29, 1.82) is 5.26 Å². The molecule has 1 aromatic heterocycles. The SMILES string of the molecule is CCCNC(=O)C(C)Nc1cccnc1C#N. The predicted octanol–water partition coefficient (Wildman–Crippen LogP) is 1.28. The lowest BCUT2D eigenvalue weighted by atomic mass is 10.2. The second-order valence-corrected chi connectivity index (χ2v) is 3.67. The Morgan fingerprint density at radius 1 is 1.65 bits per heavy atom. The Morgan fingerprint density at radius 3 is 3.06 bits per heavy atom. The van der Waals surface area contributed by atoms with Gasteiger partial charge in [-0.2, -0.15) is 5.26 Å². The van der Waals surface area contributed by atoms with Crippen LogP contribution in [0.3, 0.4) is 0 Å². The summed E-state index contributed by atoms with van der Waals surface area (Å²) in [6, 6.07) is 5.04. The van der Waals surface area contributed by atoms with Gasteiger partial charge in [0.1, 0.15) is 12.1 Å². The van der Waals surface area contributed by atoms with Crippen molar-refractivity contribution in [3.05, 3.63) is 24.0 Å². The smallest absolute Gasteiger partial charge is 0.242 e. The van der Waals surface area contributed by atoms with Gasteiger partial charge in [-0.1, -0.05) is 6.92 Å². The largest absolute Gasteiger partial charge is 0.372 e.